The Morgan fingerprint density at radius 3 is 2.80 bits per heavy atom. The monoisotopic (exact) mass is 469 g/mol. The summed E-state index contributed by atoms with van der Waals surface area (Å²) in [7, 11) is 2.00. The molecule has 0 amide bonds. The Morgan fingerprint density at radius 1 is 1.32 bits per heavy atom. The molecule has 1 aliphatic heterocycles. The molecule has 0 atom stereocenters. The molecule has 2 heterocycles. The highest BCUT2D eigenvalue weighted by Gasteiger charge is 2.02. The van der Waals surface area contributed by atoms with Crippen LogP contribution in [0.2, 0.25) is 0 Å². The Labute approximate surface area is 168 Å². The number of halogens is 2. The van der Waals surface area contributed by atoms with Gasteiger partial charge in [-0.15, -0.1) is 17.0 Å². The second kappa shape index (κ2) is 10.8. The van der Waals surface area contributed by atoms with Gasteiger partial charge in [0.2, 0.25) is 5.96 Å². The topological polar surface area (TPSA) is 61.9 Å². The number of nitrogens with one attached hydrogen (secondary N) is 2. The third kappa shape index (κ3) is 6.83. The highest BCUT2D eigenvalue weighted by Crippen LogP contribution is 2.13. The molecule has 134 valence electrons. The van der Waals surface area contributed by atoms with Crippen LogP contribution in [0.1, 0.15) is 11.1 Å². The first kappa shape index (κ1) is 21.1. The summed E-state index contributed by atoms with van der Waals surface area (Å²) in [6.07, 6.45) is 5.80. The molecular formula is C17H21Br2N5O. The minimum Gasteiger partial charge on any atom is -1.00 e. The zero-order chi connectivity index (χ0) is 15.9. The summed E-state index contributed by atoms with van der Waals surface area (Å²) >= 11 is 0. The maximum Gasteiger partial charge on any atom is 0.212 e. The van der Waals surface area contributed by atoms with Crippen LogP contribution < -0.4 is 37.0 Å². The molecule has 0 saturated heterocycles. The predicted molar refractivity (Wildman–Crippen MR) is 99.7 cm³/mol. The van der Waals surface area contributed by atoms with Crippen molar-refractivity contribution in [2.24, 2.45) is 17.1 Å². The third-order valence-electron chi connectivity index (χ3n) is 3.34. The maximum atomic E-state index is 5.79. The number of pyridine rings is 1. The SMILES string of the molecule is Br.C[n+]1cccc(COc2ccc(/C=N/NC3=NCCN3)cc2)c1.[Br-]. The number of hydrazone groups is 1. The first-order valence-corrected chi connectivity index (χ1v) is 7.54. The Morgan fingerprint density at radius 2 is 2.12 bits per heavy atom. The van der Waals surface area contributed by atoms with Crippen molar-refractivity contribution in [1.82, 2.24) is 10.7 Å². The summed E-state index contributed by atoms with van der Waals surface area (Å²) in [6, 6.07) is 11.9. The zero-order valence-corrected chi connectivity index (χ0v) is 17.2. The lowest BCUT2D eigenvalue weighted by Crippen LogP contribution is -3.00. The molecule has 2 N–H and O–H groups in total. The fourth-order valence-electron chi connectivity index (χ4n) is 2.19. The van der Waals surface area contributed by atoms with Crippen LogP contribution >= 0.6 is 17.0 Å². The Hall–Kier alpha value is -1.93. The summed E-state index contributed by atoms with van der Waals surface area (Å²) in [4.78, 5) is 4.20. The van der Waals surface area contributed by atoms with Crippen LogP contribution in [0.5, 0.6) is 5.75 Å². The van der Waals surface area contributed by atoms with Crippen LogP contribution in [0.3, 0.4) is 0 Å². The lowest BCUT2D eigenvalue weighted by molar-refractivity contribution is -0.672. The van der Waals surface area contributed by atoms with Gasteiger partial charge in [-0.1, -0.05) is 0 Å². The van der Waals surface area contributed by atoms with E-state index in [4.69, 9.17) is 4.74 Å². The van der Waals surface area contributed by atoms with Crippen molar-refractivity contribution in [3.63, 3.8) is 0 Å². The molecule has 0 radical (unpaired) electrons. The number of guanidine groups is 1. The van der Waals surface area contributed by atoms with Gasteiger partial charge in [0.1, 0.15) is 19.4 Å². The van der Waals surface area contributed by atoms with Crippen molar-refractivity contribution >= 4 is 29.2 Å². The largest absolute Gasteiger partial charge is 1.00 e. The van der Waals surface area contributed by atoms with E-state index in [1.807, 2.05) is 60.4 Å². The van der Waals surface area contributed by atoms with Crippen LogP contribution in [0.4, 0.5) is 0 Å². The number of nitrogens with zero attached hydrogens (tertiary/aromatic N) is 3. The number of hydrogen-bond acceptors (Lipinski definition) is 5. The van der Waals surface area contributed by atoms with Crippen molar-refractivity contribution in [2.75, 3.05) is 13.1 Å². The summed E-state index contributed by atoms with van der Waals surface area (Å²) in [5.41, 5.74) is 5.00. The maximum absolute atomic E-state index is 5.79. The van der Waals surface area contributed by atoms with Gasteiger partial charge >= 0.3 is 0 Å². The van der Waals surface area contributed by atoms with Crippen molar-refractivity contribution in [2.45, 2.75) is 6.61 Å². The van der Waals surface area contributed by atoms with E-state index in [9.17, 15) is 0 Å². The molecule has 3 rings (SSSR count). The molecule has 0 bridgehead atoms. The summed E-state index contributed by atoms with van der Waals surface area (Å²) in [5, 5.41) is 7.24. The van der Waals surface area contributed by atoms with Crippen molar-refractivity contribution in [3.05, 3.63) is 59.9 Å². The molecule has 0 unspecified atom stereocenters. The standard InChI is InChI=1S/C17H20N5O.2BrH/c1-22-10-2-3-15(12-22)13-23-16-6-4-14(5-7-16)11-20-21-17-18-8-9-19-17;;/h2-7,10-12H,8-9,13H2,1H3,(H2,18,19,21);2*1H/q+1;;/p-1/b20-11+;;. The molecule has 1 aromatic carbocycles. The first-order valence-electron chi connectivity index (χ1n) is 7.54. The van der Waals surface area contributed by atoms with E-state index in [0.29, 0.717) is 6.61 Å². The molecule has 2 aromatic rings. The quantitative estimate of drug-likeness (QED) is 0.319. The second-order valence-corrected chi connectivity index (χ2v) is 5.26. The number of aromatic nitrogens is 1. The van der Waals surface area contributed by atoms with Crippen LogP contribution in [0.25, 0.3) is 0 Å². The van der Waals surface area contributed by atoms with E-state index >= 15 is 0 Å². The number of aryl methyl sites for hydroxylation is 1. The van der Waals surface area contributed by atoms with Gasteiger partial charge in [-0.2, -0.15) is 5.10 Å². The van der Waals surface area contributed by atoms with E-state index in [-0.39, 0.29) is 34.0 Å². The highest BCUT2D eigenvalue weighted by molar-refractivity contribution is 8.93. The van der Waals surface area contributed by atoms with Gasteiger partial charge in [-0.3, -0.25) is 0 Å². The van der Waals surface area contributed by atoms with E-state index in [1.165, 1.54) is 0 Å². The molecular weight excluding hydrogens is 450 g/mol. The second-order valence-electron chi connectivity index (χ2n) is 5.26. The highest BCUT2D eigenvalue weighted by atomic mass is 79.9. The van der Waals surface area contributed by atoms with Crippen LogP contribution in [-0.4, -0.2) is 25.3 Å². The van der Waals surface area contributed by atoms with Gasteiger partial charge in [0.25, 0.3) is 0 Å². The molecule has 1 aromatic heterocycles. The van der Waals surface area contributed by atoms with Crippen LogP contribution in [-0.2, 0) is 13.7 Å². The lowest BCUT2D eigenvalue weighted by Gasteiger charge is -2.05. The third-order valence-corrected chi connectivity index (χ3v) is 3.34. The van der Waals surface area contributed by atoms with E-state index < -0.39 is 0 Å². The van der Waals surface area contributed by atoms with Crippen molar-refractivity contribution in [1.29, 1.82) is 0 Å². The molecule has 1 aliphatic rings. The van der Waals surface area contributed by atoms with Gasteiger partial charge in [-0.25, -0.2) is 15.0 Å². The van der Waals surface area contributed by atoms with Crippen LogP contribution in [0, 0.1) is 0 Å². The molecule has 6 nitrogen and oxygen atoms in total. The number of aliphatic imine (C=N–C) groups is 1. The molecule has 0 saturated carbocycles. The lowest BCUT2D eigenvalue weighted by atomic mass is 10.2. The van der Waals surface area contributed by atoms with Gasteiger partial charge < -0.3 is 27.0 Å². The fourth-order valence-corrected chi connectivity index (χ4v) is 2.19. The Kier molecular flexibility index (Phi) is 9.15. The van der Waals surface area contributed by atoms with Crippen molar-refractivity contribution < 1.29 is 26.3 Å². The molecule has 25 heavy (non-hydrogen) atoms. The fraction of sp³-hybridized carbons (Fsp3) is 0.235. The number of rotatable bonds is 5. The molecule has 8 heteroatoms. The van der Waals surface area contributed by atoms with Crippen LogP contribution in [0.15, 0.2) is 58.9 Å². The normalized spacial score (nSPS) is 12.6. The molecule has 0 spiro atoms. The Bertz CT molecular complexity index is 719. The van der Waals surface area contributed by atoms with Gasteiger partial charge in [0.15, 0.2) is 12.4 Å². The first-order chi connectivity index (χ1) is 11.3. The minimum atomic E-state index is 0. The minimum absolute atomic E-state index is 0. The number of benzene rings is 1. The van der Waals surface area contributed by atoms with E-state index in [1.54, 1.807) is 6.21 Å². The average Bonchev–Trinajstić information content (AvgIpc) is 3.08. The summed E-state index contributed by atoms with van der Waals surface area (Å²) in [6.45, 7) is 2.21. The average molecular weight is 471 g/mol. The Balaban J connectivity index is 0.00000156. The van der Waals surface area contributed by atoms with Crippen molar-refractivity contribution in [3.8, 4) is 5.75 Å². The van der Waals surface area contributed by atoms with Gasteiger partial charge in [0, 0.05) is 12.6 Å². The van der Waals surface area contributed by atoms with Gasteiger partial charge in [0.05, 0.1) is 18.3 Å². The van der Waals surface area contributed by atoms with E-state index in [2.05, 4.69) is 20.8 Å². The predicted octanol–water partition coefficient (Wildman–Crippen LogP) is -1.45. The number of hydrogen-bond donors (Lipinski definition) is 2. The van der Waals surface area contributed by atoms with E-state index in [0.717, 1.165) is 35.9 Å². The molecule has 0 fully saturated rings. The number of ether oxygens (including phenoxy) is 1. The van der Waals surface area contributed by atoms with Gasteiger partial charge in [-0.05, 0) is 35.9 Å². The summed E-state index contributed by atoms with van der Waals surface area (Å²) < 4.78 is 7.79. The summed E-state index contributed by atoms with van der Waals surface area (Å²) in [5.74, 6) is 1.56. The zero-order valence-electron chi connectivity index (χ0n) is 13.9. The molecule has 0 aliphatic carbocycles. The smallest absolute Gasteiger partial charge is 0.212 e.